The van der Waals surface area contributed by atoms with E-state index in [-0.39, 0.29) is 11.8 Å². The van der Waals surface area contributed by atoms with Crippen LogP contribution in [-0.4, -0.2) is 34.0 Å². The molecule has 1 aliphatic carbocycles. The SMILES string of the molecule is CC(C(=O)N1CCCCC1(C)C(=O)O)C1CC1. The van der Waals surface area contributed by atoms with Gasteiger partial charge in [-0.1, -0.05) is 6.92 Å². The minimum Gasteiger partial charge on any atom is -0.480 e. The predicted octanol–water partition coefficient (Wildman–Crippen LogP) is 1.89. The lowest BCUT2D eigenvalue weighted by atomic mass is 9.87. The first-order valence-electron chi connectivity index (χ1n) is 6.51. The third kappa shape index (κ3) is 2.17. The maximum absolute atomic E-state index is 12.4. The van der Waals surface area contributed by atoms with Gasteiger partial charge in [-0.25, -0.2) is 4.79 Å². The number of likely N-dealkylation sites (tertiary alicyclic amines) is 1. The second kappa shape index (κ2) is 4.31. The van der Waals surface area contributed by atoms with Crippen LogP contribution in [0, 0.1) is 11.8 Å². The first-order valence-corrected chi connectivity index (χ1v) is 6.51. The Labute approximate surface area is 102 Å². The van der Waals surface area contributed by atoms with E-state index in [9.17, 15) is 14.7 Å². The van der Waals surface area contributed by atoms with E-state index >= 15 is 0 Å². The zero-order chi connectivity index (χ0) is 12.6. The van der Waals surface area contributed by atoms with Crippen LogP contribution in [0.25, 0.3) is 0 Å². The molecule has 0 radical (unpaired) electrons. The fraction of sp³-hybridized carbons (Fsp3) is 0.846. The average molecular weight is 239 g/mol. The molecule has 2 rings (SSSR count). The lowest BCUT2D eigenvalue weighted by molar-refractivity contribution is -0.162. The van der Waals surface area contributed by atoms with Gasteiger partial charge in [-0.3, -0.25) is 4.79 Å². The molecular formula is C13H21NO3. The van der Waals surface area contributed by atoms with Crippen LogP contribution in [0.1, 0.15) is 46.0 Å². The first kappa shape index (κ1) is 12.4. The zero-order valence-electron chi connectivity index (χ0n) is 10.6. The molecule has 0 aromatic rings. The van der Waals surface area contributed by atoms with Gasteiger partial charge >= 0.3 is 5.97 Å². The Hall–Kier alpha value is -1.06. The van der Waals surface area contributed by atoms with Gasteiger partial charge in [0.05, 0.1) is 0 Å². The van der Waals surface area contributed by atoms with Crippen LogP contribution in [0.4, 0.5) is 0 Å². The van der Waals surface area contributed by atoms with Gasteiger partial charge in [0.2, 0.25) is 5.91 Å². The summed E-state index contributed by atoms with van der Waals surface area (Å²) in [7, 11) is 0. The summed E-state index contributed by atoms with van der Waals surface area (Å²) in [4.78, 5) is 25.4. The van der Waals surface area contributed by atoms with Gasteiger partial charge in [0.1, 0.15) is 5.54 Å². The summed E-state index contributed by atoms with van der Waals surface area (Å²) in [5.74, 6) is -0.347. The van der Waals surface area contributed by atoms with Gasteiger partial charge in [-0.15, -0.1) is 0 Å². The molecule has 1 amide bonds. The van der Waals surface area contributed by atoms with Crippen molar-refractivity contribution in [2.75, 3.05) is 6.54 Å². The highest BCUT2D eigenvalue weighted by Crippen LogP contribution is 2.39. The Morgan fingerprint density at radius 1 is 1.35 bits per heavy atom. The Balaban J connectivity index is 2.15. The predicted molar refractivity (Wildman–Crippen MR) is 63.5 cm³/mol. The molecule has 2 unspecified atom stereocenters. The van der Waals surface area contributed by atoms with Gasteiger partial charge in [-0.2, -0.15) is 0 Å². The van der Waals surface area contributed by atoms with Gasteiger partial charge in [-0.05, 0) is 44.9 Å². The van der Waals surface area contributed by atoms with Crippen LogP contribution < -0.4 is 0 Å². The number of carbonyl (C=O) groups is 2. The number of rotatable bonds is 3. The molecule has 1 heterocycles. The summed E-state index contributed by atoms with van der Waals surface area (Å²) in [5.41, 5.74) is -0.988. The van der Waals surface area contributed by atoms with Crippen LogP contribution in [-0.2, 0) is 9.59 Å². The monoisotopic (exact) mass is 239 g/mol. The van der Waals surface area contributed by atoms with Crippen LogP contribution >= 0.6 is 0 Å². The van der Waals surface area contributed by atoms with Crippen molar-refractivity contribution >= 4 is 11.9 Å². The Morgan fingerprint density at radius 2 is 2.00 bits per heavy atom. The number of aliphatic carboxylic acids is 1. The molecule has 1 N–H and O–H groups in total. The number of hydrogen-bond donors (Lipinski definition) is 1. The van der Waals surface area contributed by atoms with Gasteiger partial charge < -0.3 is 10.0 Å². The highest BCUT2D eigenvalue weighted by Gasteiger charge is 2.46. The van der Waals surface area contributed by atoms with E-state index < -0.39 is 11.5 Å². The maximum atomic E-state index is 12.4. The molecule has 17 heavy (non-hydrogen) atoms. The van der Waals surface area contributed by atoms with E-state index in [2.05, 4.69) is 0 Å². The van der Waals surface area contributed by atoms with Gasteiger partial charge in [0.15, 0.2) is 0 Å². The fourth-order valence-corrected chi connectivity index (χ4v) is 2.74. The number of carboxylic acids is 1. The number of carboxylic acid groups (broad SMARTS) is 1. The first-order chi connectivity index (χ1) is 7.97. The number of nitrogens with zero attached hydrogens (tertiary/aromatic N) is 1. The summed E-state index contributed by atoms with van der Waals surface area (Å²) in [5, 5.41) is 9.36. The molecule has 2 aliphatic rings. The standard InChI is InChI=1S/C13H21NO3/c1-9(10-5-6-10)11(15)14-8-4-3-7-13(14,2)12(16)17/h9-10H,3-8H2,1-2H3,(H,16,17). The lowest BCUT2D eigenvalue weighted by Crippen LogP contribution is -2.58. The van der Waals surface area contributed by atoms with E-state index in [4.69, 9.17) is 0 Å². The summed E-state index contributed by atoms with van der Waals surface area (Å²) in [6, 6.07) is 0. The quantitative estimate of drug-likeness (QED) is 0.818. The molecule has 2 atom stereocenters. The van der Waals surface area contributed by atoms with Crippen molar-refractivity contribution in [3.8, 4) is 0 Å². The second-order valence-electron chi connectivity index (χ2n) is 5.65. The normalized spacial score (nSPS) is 31.1. The third-order valence-corrected chi connectivity index (χ3v) is 4.34. The van der Waals surface area contributed by atoms with Crippen molar-refractivity contribution < 1.29 is 14.7 Å². The highest BCUT2D eigenvalue weighted by atomic mass is 16.4. The smallest absolute Gasteiger partial charge is 0.329 e. The number of amides is 1. The molecule has 0 aromatic carbocycles. The summed E-state index contributed by atoms with van der Waals surface area (Å²) < 4.78 is 0. The zero-order valence-corrected chi connectivity index (χ0v) is 10.6. The van der Waals surface area contributed by atoms with Crippen LogP contribution in [0.2, 0.25) is 0 Å². The van der Waals surface area contributed by atoms with Crippen molar-refractivity contribution in [3.05, 3.63) is 0 Å². The van der Waals surface area contributed by atoms with E-state index in [1.165, 1.54) is 0 Å². The van der Waals surface area contributed by atoms with Crippen LogP contribution in [0.3, 0.4) is 0 Å². The van der Waals surface area contributed by atoms with E-state index in [0.29, 0.717) is 18.9 Å². The molecule has 4 nitrogen and oxygen atoms in total. The number of hydrogen-bond acceptors (Lipinski definition) is 2. The largest absolute Gasteiger partial charge is 0.480 e. The second-order valence-corrected chi connectivity index (χ2v) is 5.65. The summed E-state index contributed by atoms with van der Waals surface area (Å²) in [6.07, 6.45) is 4.62. The number of carbonyl (C=O) groups excluding carboxylic acids is 1. The molecule has 1 aliphatic heterocycles. The minimum absolute atomic E-state index is 0.00762. The Bertz CT molecular complexity index is 338. The molecule has 1 saturated heterocycles. The summed E-state index contributed by atoms with van der Waals surface area (Å²) in [6.45, 7) is 4.22. The molecular weight excluding hydrogens is 218 g/mol. The van der Waals surface area contributed by atoms with Crippen molar-refractivity contribution in [3.63, 3.8) is 0 Å². The van der Waals surface area contributed by atoms with Crippen LogP contribution in [0.15, 0.2) is 0 Å². The molecule has 0 spiro atoms. The van der Waals surface area contributed by atoms with Gasteiger partial charge in [0, 0.05) is 12.5 Å². The molecule has 96 valence electrons. The van der Waals surface area contributed by atoms with Gasteiger partial charge in [0.25, 0.3) is 0 Å². The van der Waals surface area contributed by atoms with E-state index in [1.807, 2.05) is 6.92 Å². The van der Waals surface area contributed by atoms with Crippen molar-refractivity contribution in [1.82, 2.24) is 4.90 Å². The molecule has 4 heteroatoms. The lowest BCUT2D eigenvalue weighted by Gasteiger charge is -2.42. The Kier molecular flexibility index (Phi) is 3.15. The molecule has 2 fully saturated rings. The molecule has 0 aromatic heterocycles. The minimum atomic E-state index is -0.988. The molecule has 1 saturated carbocycles. The Morgan fingerprint density at radius 3 is 2.53 bits per heavy atom. The van der Waals surface area contributed by atoms with Crippen molar-refractivity contribution in [2.24, 2.45) is 11.8 Å². The fourth-order valence-electron chi connectivity index (χ4n) is 2.74. The third-order valence-electron chi connectivity index (χ3n) is 4.34. The van der Waals surface area contributed by atoms with Crippen molar-refractivity contribution in [1.29, 1.82) is 0 Å². The topological polar surface area (TPSA) is 57.6 Å². The van der Waals surface area contributed by atoms with E-state index in [1.54, 1.807) is 11.8 Å². The van der Waals surface area contributed by atoms with E-state index in [0.717, 1.165) is 25.7 Å². The summed E-state index contributed by atoms with van der Waals surface area (Å²) >= 11 is 0. The van der Waals surface area contributed by atoms with Crippen molar-refractivity contribution in [2.45, 2.75) is 51.5 Å². The average Bonchev–Trinajstić information content (AvgIpc) is 3.11. The maximum Gasteiger partial charge on any atom is 0.329 e. The molecule has 0 bridgehead atoms. The number of piperidine rings is 1. The highest BCUT2D eigenvalue weighted by molar-refractivity contribution is 5.88. The van der Waals surface area contributed by atoms with Crippen LogP contribution in [0.5, 0.6) is 0 Å².